The van der Waals surface area contributed by atoms with Gasteiger partial charge in [0.15, 0.2) is 5.69 Å². The topological polar surface area (TPSA) is 181 Å². The second-order valence-electron chi connectivity index (χ2n) is 6.62. The average Bonchev–Trinajstić information content (AvgIpc) is 2.73. The first-order chi connectivity index (χ1) is 15.5. The van der Waals surface area contributed by atoms with Crippen LogP contribution in [-0.2, 0) is 9.59 Å². The lowest BCUT2D eigenvalue weighted by molar-refractivity contribution is -0.393. The molecule has 0 aromatic heterocycles. The summed E-state index contributed by atoms with van der Waals surface area (Å²) < 4.78 is -0.00400. The number of nitro groups is 2. The number of azo groups is 1. The normalized spacial score (nSPS) is 10.8. The number of anilines is 2. The number of non-ortho nitro benzene ring substituents is 1. The molecule has 2 aromatic carbocycles. The highest BCUT2D eigenvalue weighted by Crippen LogP contribution is 2.40. The molecular weight excluding hydrogens is 504 g/mol. The zero-order valence-electron chi connectivity index (χ0n) is 17.5. The molecule has 14 heteroatoms. The number of carbonyl (C=O) groups is 2. The average molecular weight is 523 g/mol. The summed E-state index contributed by atoms with van der Waals surface area (Å²) in [4.78, 5) is 45.2. The van der Waals surface area contributed by atoms with Crippen LogP contribution in [0.4, 0.5) is 34.1 Å². The number of nitrogens with zero attached hydrogens (tertiary/aromatic N) is 5. The molecule has 2 aromatic rings. The number of carboxylic acids is 1. The lowest BCUT2D eigenvalue weighted by Gasteiger charge is -2.23. The Balaban J connectivity index is 2.50. The van der Waals surface area contributed by atoms with Crippen LogP contribution in [0.15, 0.2) is 45.0 Å². The van der Waals surface area contributed by atoms with Crippen molar-refractivity contribution in [1.82, 2.24) is 0 Å². The monoisotopic (exact) mass is 522 g/mol. The van der Waals surface area contributed by atoms with E-state index >= 15 is 0 Å². The predicted octanol–water partition coefficient (Wildman–Crippen LogP) is 4.94. The zero-order chi connectivity index (χ0) is 24.7. The molecule has 0 aliphatic rings. The van der Waals surface area contributed by atoms with Crippen LogP contribution < -0.4 is 10.2 Å². The molecule has 0 aliphatic heterocycles. The van der Waals surface area contributed by atoms with Crippen molar-refractivity contribution in [2.45, 2.75) is 20.3 Å². The third-order valence-electron chi connectivity index (χ3n) is 4.33. The highest BCUT2D eigenvalue weighted by molar-refractivity contribution is 9.10. The summed E-state index contributed by atoms with van der Waals surface area (Å²) in [7, 11) is 0. The van der Waals surface area contributed by atoms with E-state index in [1.54, 1.807) is 17.0 Å². The second-order valence-corrected chi connectivity index (χ2v) is 7.47. The number of benzene rings is 2. The fourth-order valence-corrected chi connectivity index (χ4v) is 3.33. The minimum Gasteiger partial charge on any atom is -0.481 e. The minimum absolute atomic E-state index is 0.00400. The highest BCUT2D eigenvalue weighted by Gasteiger charge is 2.23. The molecule has 13 nitrogen and oxygen atoms in total. The van der Waals surface area contributed by atoms with Gasteiger partial charge in [0.25, 0.3) is 5.69 Å². The molecule has 0 saturated carbocycles. The van der Waals surface area contributed by atoms with Gasteiger partial charge in [0.1, 0.15) is 5.69 Å². The van der Waals surface area contributed by atoms with E-state index in [1.807, 2.05) is 6.92 Å². The molecule has 0 aliphatic carbocycles. The number of rotatable bonds is 10. The van der Waals surface area contributed by atoms with Crippen LogP contribution in [0.25, 0.3) is 0 Å². The first kappa shape index (κ1) is 25.3. The van der Waals surface area contributed by atoms with E-state index in [0.29, 0.717) is 12.2 Å². The fourth-order valence-electron chi connectivity index (χ4n) is 2.82. The van der Waals surface area contributed by atoms with Crippen molar-refractivity contribution in [2.24, 2.45) is 10.2 Å². The van der Waals surface area contributed by atoms with Gasteiger partial charge in [-0.25, -0.2) is 0 Å². The summed E-state index contributed by atoms with van der Waals surface area (Å²) in [6.07, 6.45) is -0.0807. The quantitative estimate of drug-likeness (QED) is 0.249. The number of nitro benzene ring substituents is 2. The van der Waals surface area contributed by atoms with Gasteiger partial charge in [-0.1, -0.05) is 0 Å². The lowest BCUT2D eigenvalue weighted by atomic mass is 10.2. The standard InChI is InChI=1S/C19H19BrN6O7/c1-3-24(7-6-18(28)29)12-4-5-15(16(9-12)21-11(2)27)22-23-19-14(20)8-13(25(30)31)10-17(19)26(32)33/h4-5,8-10H,3,6-7H2,1-2H3,(H,21,27)(H,28,29). The molecule has 2 rings (SSSR count). The number of nitrogens with one attached hydrogen (secondary N) is 1. The number of amides is 1. The molecule has 33 heavy (non-hydrogen) atoms. The molecule has 0 unspecified atom stereocenters. The number of hydrogen-bond acceptors (Lipinski definition) is 9. The van der Waals surface area contributed by atoms with Crippen molar-refractivity contribution in [3.63, 3.8) is 0 Å². The first-order valence-corrected chi connectivity index (χ1v) is 10.2. The molecule has 0 atom stereocenters. The van der Waals surface area contributed by atoms with Crippen LogP contribution in [0.3, 0.4) is 0 Å². The van der Waals surface area contributed by atoms with E-state index < -0.39 is 33.1 Å². The molecule has 0 bridgehead atoms. The Kier molecular flexibility index (Phi) is 8.50. The Morgan fingerprint density at radius 2 is 1.85 bits per heavy atom. The number of aliphatic carboxylic acids is 1. The molecular formula is C19H19BrN6O7. The van der Waals surface area contributed by atoms with E-state index in [9.17, 15) is 29.8 Å². The highest BCUT2D eigenvalue weighted by atomic mass is 79.9. The van der Waals surface area contributed by atoms with Crippen molar-refractivity contribution in [1.29, 1.82) is 0 Å². The SMILES string of the molecule is CCN(CCC(=O)O)c1ccc(N=Nc2c(Br)cc([N+](=O)[O-])cc2[N+](=O)[O-])c(NC(C)=O)c1. The van der Waals surface area contributed by atoms with Crippen molar-refractivity contribution in [3.8, 4) is 0 Å². The van der Waals surface area contributed by atoms with Gasteiger partial charge in [0, 0.05) is 31.8 Å². The summed E-state index contributed by atoms with van der Waals surface area (Å²) in [5.41, 5.74) is -0.301. The van der Waals surface area contributed by atoms with Crippen LogP contribution in [-0.4, -0.2) is 39.9 Å². The summed E-state index contributed by atoms with van der Waals surface area (Å²) in [5, 5.41) is 41.8. The Morgan fingerprint density at radius 1 is 1.15 bits per heavy atom. The van der Waals surface area contributed by atoms with E-state index in [2.05, 4.69) is 31.5 Å². The van der Waals surface area contributed by atoms with Gasteiger partial charge in [-0.2, -0.15) is 0 Å². The fraction of sp³-hybridized carbons (Fsp3) is 0.263. The molecule has 2 N–H and O–H groups in total. The van der Waals surface area contributed by atoms with Crippen molar-refractivity contribution in [2.75, 3.05) is 23.3 Å². The largest absolute Gasteiger partial charge is 0.481 e. The Morgan fingerprint density at radius 3 is 2.39 bits per heavy atom. The maximum absolute atomic E-state index is 11.7. The maximum atomic E-state index is 11.7. The van der Waals surface area contributed by atoms with Crippen LogP contribution in [0.2, 0.25) is 0 Å². The number of carbonyl (C=O) groups excluding carboxylic acids is 1. The van der Waals surface area contributed by atoms with Crippen LogP contribution in [0.5, 0.6) is 0 Å². The van der Waals surface area contributed by atoms with Gasteiger partial charge in [-0.05, 0) is 41.1 Å². The summed E-state index contributed by atoms with van der Waals surface area (Å²) in [6, 6.07) is 6.59. The number of carboxylic acid groups (broad SMARTS) is 1. The Labute approximate surface area is 195 Å². The van der Waals surface area contributed by atoms with E-state index in [1.165, 1.54) is 13.0 Å². The van der Waals surface area contributed by atoms with Gasteiger partial charge in [-0.3, -0.25) is 29.8 Å². The molecule has 0 fully saturated rings. The molecule has 1 amide bonds. The molecule has 0 spiro atoms. The van der Waals surface area contributed by atoms with Gasteiger partial charge in [0.05, 0.1) is 32.5 Å². The van der Waals surface area contributed by atoms with Crippen molar-refractivity contribution in [3.05, 3.63) is 55.0 Å². The predicted molar refractivity (Wildman–Crippen MR) is 123 cm³/mol. The van der Waals surface area contributed by atoms with Crippen molar-refractivity contribution < 1.29 is 24.5 Å². The number of hydrogen-bond donors (Lipinski definition) is 2. The van der Waals surface area contributed by atoms with E-state index in [4.69, 9.17) is 5.11 Å². The number of halogens is 1. The minimum atomic E-state index is -0.948. The van der Waals surface area contributed by atoms with E-state index in [0.717, 1.165) is 12.1 Å². The van der Waals surface area contributed by atoms with Gasteiger partial charge in [0.2, 0.25) is 5.91 Å². The first-order valence-electron chi connectivity index (χ1n) is 9.46. The van der Waals surface area contributed by atoms with Crippen LogP contribution in [0.1, 0.15) is 20.3 Å². The van der Waals surface area contributed by atoms with Gasteiger partial charge >= 0.3 is 11.7 Å². The van der Waals surface area contributed by atoms with Crippen LogP contribution in [0, 0.1) is 20.2 Å². The van der Waals surface area contributed by atoms with Crippen LogP contribution >= 0.6 is 15.9 Å². The smallest absolute Gasteiger partial charge is 0.305 e. The Bertz CT molecular complexity index is 1140. The van der Waals surface area contributed by atoms with E-state index in [-0.39, 0.29) is 34.5 Å². The molecule has 0 heterocycles. The maximum Gasteiger partial charge on any atom is 0.305 e. The zero-order valence-corrected chi connectivity index (χ0v) is 19.1. The lowest BCUT2D eigenvalue weighted by Crippen LogP contribution is -2.25. The molecule has 174 valence electrons. The van der Waals surface area contributed by atoms with Gasteiger partial charge < -0.3 is 15.3 Å². The molecule has 0 saturated heterocycles. The Hall–Kier alpha value is -3.94. The summed E-state index contributed by atoms with van der Waals surface area (Å²) >= 11 is 3.05. The van der Waals surface area contributed by atoms with Crippen molar-refractivity contribution >= 4 is 61.9 Å². The summed E-state index contributed by atoms with van der Waals surface area (Å²) in [6.45, 7) is 3.88. The second kappa shape index (κ2) is 11.1. The third-order valence-corrected chi connectivity index (χ3v) is 4.93. The third kappa shape index (κ3) is 6.77. The van der Waals surface area contributed by atoms with Gasteiger partial charge in [-0.15, -0.1) is 10.2 Å². The summed E-state index contributed by atoms with van der Waals surface area (Å²) in [5.74, 6) is -1.35. The molecule has 0 radical (unpaired) electrons.